The molecule has 30 heavy (non-hydrogen) atoms. The van der Waals surface area contributed by atoms with E-state index in [4.69, 9.17) is 4.74 Å². The maximum absolute atomic E-state index is 12.7. The monoisotopic (exact) mass is 406 g/mol. The normalized spacial score (nSPS) is 19.0. The Balaban J connectivity index is 1.47. The molecule has 0 spiro atoms. The molecule has 7 heteroatoms. The van der Waals surface area contributed by atoms with Crippen LogP contribution >= 0.6 is 0 Å². The second kappa shape index (κ2) is 7.74. The van der Waals surface area contributed by atoms with Crippen molar-refractivity contribution in [2.24, 2.45) is 5.92 Å². The van der Waals surface area contributed by atoms with Crippen LogP contribution in [0, 0.1) is 19.8 Å². The molecule has 4 rings (SSSR count). The lowest BCUT2D eigenvalue weighted by atomic mass is 10.1. The minimum atomic E-state index is -0.586. The van der Waals surface area contributed by atoms with Crippen molar-refractivity contribution in [3.05, 3.63) is 53.6 Å². The van der Waals surface area contributed by atoms with E-state index >= 15 is 0 Å². The van der Waals surface area contributed by atoms with E-state index in [9.17, 15) is 19.2 Å². The van der Waals surface area contributed by atoms with Crippen LogP contribution in [-0.4, -0.2) is 30.2 Å². The Kier molecular flexibility index (Phi) is 5.11. The smallest absolute Gasteiger partial charge is 0.316 e. The van der Waals surface area contributed by atoms with Crippen LogP contribution in [0.4, 0.5) is 11.4 Å². The fourth-order valence-electron chi connectivity index (χ4n) is 3.97. The van der Waals surface area contributed by atoms with Gasteiger partial charge in [-0.25, -0.2) is 0 Å². The van der Waals surface area contributed by atoms with Crippen LogP contribution < -0.4 is 14.5 Å². The molecule has 2 aromatic rings. The zero-order valence-corrected chi connectivity index (χ0v) is 16.9. The van der Waals surface area contributed by atoms with Crippen LogP contribution in [-0.2, 0) is 19.2 Å². The molecule has 0 aliphatic carbocycles. The van der Waals surface area contributed by atoms with Gasteiger partial charge in [0.15, 0.2) is 0 Å². The number of imide groups is 1. The van der Waals surface area contributed by atoms with Gasteiger partial charge in [0, 0.05) is 37.6 Å². The Morgan fingerprint density at radius 2 is 1.57 bits per heavy atom. The summed E-state index contributed by atoms with van der Waals surface area (Å²) in [4.78, 5) is 51.8. The molecule has 0 N–H and O–H groups in total. The van der Waals surface area contributed by atoms with Gasteiger partial charge in [-0.1, -0.05) is 12.1 Å². The third kappa shape index (κ3) is 3.83. The lowest BCUT2D eigenvalue weighted by Gasteiger charge is -2.18. The van der Waals surface area contributed by atoms with Gasteiger partial charge in [0.05, 0.1) is 11.6 Å². The Bertz CT molecular complexity index is 1030. The average molecular weight is 406 g/mol. The molecule has 2 aliphatic heterocycles. The Hall–Kier alpha value is -3.48. The SMILES string of the molecule is Cc1cc(C)cc(N2C[C@@H](C(=O)Oc3cccc(N4C(=O)CCC4=O)c3)CC2=O)c1. The fourth-order valence-corrected chi connectivity index (χ4v) is 3.97. The third-order valence-corrected chi connectivity index (χ3v) is 5.32. The molecule has 154 valence electrons. The molecular formula is C23H22N2O5. The van der Waals surface area contributed by atoms with Gasteiger partial charge in [0.25, 0.3) is 0 Å². The summed E-state index contributed by atoms with van der Waals surface area (Å²) < 4.78 is 5.48. The maximum Gasteiger partial charge on any atom is 0.316 e. The van der Waals surface area contributed by atoms with Crippen molar-refractivity contribution < 1.29 is 23.9 Å². The Labute approximate surface area is 174 Å². The molecule has 0 saturated carbocycles. The molecule has 1 atom stereocenters. The number of aryl methyl sites for hydroxylation is 2. The predicted molar refractivity (Wildman–Crippen MR) is 110 cm³/mol. The number of carbonyl (C=O) groups is 4. The quantitative estimate of drug-likeness (QED) is 0.443. The maximum atomic E-state index is 12.7. The van der Waals surface area contributed by atoms with Gasteiger partial charge in [0.2, 0.25) is 17.7 Å². The van der Waals surface area contributed by atoms with Crippen molar-refractivity contribution in [2.75, 3.05) is 16.3 Å². The number of amides is 3. The van der Waals surface area contributed by atoms with Gasteiger partial charge in [-0.15, -0.1) is 0 Å². The van der Waals surface area contributed by atoms with E-state index in [2.05, 4.69) is 0 Å². The summed E-state index contributed by atoms with van der Waals surface area (Å²) in [5.41, 5.74) is 3.26. The number of nitrogens with zero attached hydrogens (tertiary/aromatic N) is 2. The van der Waals surface area contributed by atoms with E-state index in [1.165, 1.54) is 6.07 Å². The number of hydrogen-bond acceptors (Lipinski definition) is 5. The lowest BCUT2D eigenvalue weighted by Crippen LogP contribution is -2.29. The van der Waals surface area contributed by atoms with E-state index in [0.29, 0.717) is 5.69 Å². The lowest BCUT2D eigenvalue weighted by molar-refractivity contribution is -0.139. The highest BCUT2D eigenvalue weighted by atomic mass is 16.5. The predicted octanol–water partition coefficient (Wildman–Crippen LogP) is 2.92. The van der Waals surface area contributed by atoms with E-state index in [1.807, 2.05) is 32.0 Å². The fraction of sp³-hybridized carbons (Fsp3) is 0.304. The van der Waals surface area contributed by atoms with Crippen LogP contribution in [0.2, 0.25) is 0 Å². The summed E-state index contributed by atoms with van der Waals surface area (Å²) in [6, 6.07) is 12.2. The second-order valence-electron chi connectivity index (χ2n) is 7.79. The van der Waals surface area contributed by atoms with Crippen molar-refractivity contribution in [3.8, 4) is 5.75 Å². The first-order valence-corrected chi connectivity index (χ1v) is 9.88. The number of rotatable bonds is 4. The standard InChI is InChI=1S/C23H22N2O5/c1-14-8-15(2)10-18(9-14)24-13-16(11-22(24)28)23(29)30-19-5-3-4-17(12-19)25-20(26)6-7-21(25)27/h3-5,8-10,12,16H,6-7,11,13H2,1-2H3/t16-/m0/s1. The molecule has 0 unspecified atom stereocenters. The summed E-state index contributed by atoms with van der Waals surface area (Å²) in [5.74, 6) is -1.52. The molecular weight excluding hydrogens is 384 g/mol. The average Bonchev–Trinajstić information content (AvgIpc) is 3.23. The number of benzene rings is 2. The van der Waals surface area contributed by atoms with Crippen LogP contribution in [0.1, 0.15) is 30.4 Å². The summed E-state index contributed by atoms with van der Waals surface area (Å²) in [6.07, 6.45) is 0.442. The molecule has 2 saturated heterocycles. The van der Waals surface area contributed by atoms with E-state index in [-0.39, 0.29) is 49.3 Å². The van der Waals surface area contributed by atoms with Gasteiger partial charge in [-0.3, -0.25) is 24.1 Å². The Morgan fingerprint density at radius 1 is 0.900 bits per heavy atom. The second-order valence-corrected chi connectivity index (χ2v) is 7.79. The van der Waals surface area contributed by atoms with Gasteiger partial charge < -0.3 is 9.64 Å². The molecule has 0 bridgehead atoms. The highest BCUT2D eigenvalue weighted by Crippen LogP contribution is 2.30. The van der Waals surface area contributed by atoms with Crippen molar-refractivity contribution in [1.29, 1.82) is 0 Å². The molecule has 0 radical (unpaired) electrons. The van der Waals surface area contributed by atoms with Crippen LogP contribution in [0.25, 0.3) is 0 Å². The van der Waals surface area contributed by atoms with Crippen LogP contribution in [0.5, 0.6) is 5.75 Å². The van der Waals surface area contributed by atoms with Crippen LogP contribution in [0.15, 0.2) is 42.5 Å². The van der Waals surface area contributed by atoms with Crippen molar-refractivity contribution >= 4 is 35.1 Å². The minimum absolute atomic E-state index is 0.0780. The van der Waals surface area contributed by atoms with Gasteiger partial charge >= 0.3 is 5.97 Å². The van der Waals surface area contributed by atoms with E-state index in [1.54, 1.807) is 23.1 Å². The highest BCUT2D eigenvalue weighted by Gasteiger charge is 2.37. The van der Waals surface area contributed by atoms with Gasteiger partial charge in [-0.05, 0) is 49.2 Å². The van der Waals surface area contributed by atoms with Crippen molar-refractivity contribution in [1.82, 2.24) is 0 Å². The number of carbonyl (C=O) groups excluding carboxylic acids is 4. The molecule has 7 nitrogen and oxygen atoms in total. The molecule has 0 aromatic heterocycles. The van der Waals surface area contributed by atoms with E-state index < -0.39 is 11.9 Å². The topological polar surface area (TPSA) is 84.0 Å². The largest absolute Gasteiger partial charge is 0.426 e. The summed E-state index contributed by atoms with van der Waals surface area (Å²) in [6.45, 7) is 4.18. The number of ether oxygens (including phenoxy) is 1. The molecule has 2 fully saturated rings. The zero-order chi connectivity index (χ0) is 21.4. The van der Waals surface area contributed by atoms with Gasteiger partial charge in [0.1, 0.15) is 5.75 Å². The summed E-state index contributed by atoms with van der Waals surface area (Å²) in [5, 5.41) is 0. The highest BCUT2D eigenvalue weighted by molar-refractivity contribution is 6.19. The number of esters is 1. The summed E-state index contributed by atoms with van der Waals surface area (Å²) in [7, 11) is 0. The first kappa shape index (κ1) is 19.8. The number of hydrogen-bond donors (Lipinski definition) is 0. The van der Waals surface area contributed by atoms with Crippen molar-refractivity contribution in [3.63, 3.8) is 0 Å². The molecule has 3 amide bonds. The first-order valence-electron chi connectivity index (χ1n) is 9.88. The molecule has 2 heterocycles. The molecule has 2 aliphatic rings. The zero-order valence-electron chi connectivity index (χ0n) is 16.9. The molecule has 2 aromatic carbocycles. The Morgan fingerprint density at radius 3 is 2.23 bits per heavy atom. The van der Waals surface area contributed by atoms with E-state index in [0.717, 1.165) is 21.7 Å². The third-order valence-electron chi connectivity index (χ3n) is 5.32. The number of anilines is 2. The van der Waals surface area contributed by atoms with Crippen molar-refractivity contribution in [2.45, 2.75) is 33.1 Å². The van der Waals surface area contributed by atoms with Gasteiger partial charge in [-0.2, -0.15) is 0 Å². The summed E-state index contributed by atoms with van der Waals surface area (Å²) >= 11 is 0. The first-order chi connectivity index (χ1) is 14.3. The van der Waals surface area contributed by atoms with Crippen LogP contribution in [0.3, 0.4) is 0 Å². The minimum Gasteiger partial charge on any atom is -0.426 e.